The van der Waals surface area contributed by atoms with Crippen molar-refractivity contribution in [1.82, 2.24) is 9.80 Å². The van der Waals surface area contributed by atoms with Crippen LogP contribution in [0.1, 0.15) is 59.3 Å². The van der Waals surface area contributed by atoms with Crippen molar-refractivity contribution in [3.8, 4) is 0 Å². The van der Waals surface area contributed by atoms with Gasteiger partial charge >= 0.3 is 0 Å². The molecule has 0 aromatic rings. The monoisotopic (exact) mass is 266 g/mol. The Morgan fingerprint density at radius 1 is 1.00 bits per heavy atom. The summed E-state index contributed by atoms with van der Waals surface area (Å²) in [6, 6.07) is 0.912. The van der Waals surface area contributed by atoms with E-state index >= 15 is 0 Å². The third-order valence-corrected chi connectivity index (χ3v) is 4.97. The van der Waals surface area contributed by atoms with E-state index in [4.69, 9.17) is 0 Å². The standard InChI is InChI=1S/C17H34N2/c1-4-10-19-11-6-5-7-17(19)16-8-12-18(13-9-16)14-15(2)3/h15-17H,4-14H2,1-3H3. The van der Waals surface area contributed by atoms with E-state index in [0.717, 1.165) is 17.9 Å². The summed E-state index contributed by atoms with van der Waals surface area (Å²) >= 11 is 0. The van der Waals surface area contributed by atoms with Crippen LogP contribution in [0.3, 0.4) is 0 Å². The summed E-state index contributed by atoms with van der Waals surface area (Å²) in [7, 11) is 0. The lowest BCUT2D eigenvalue weighted by atomic mass is 9.83. The largest absolute Gasteiger partial charge is 0.303 e. The Balaban J connectivity index is 1.81. The van der Waals surface area contributed by atoms with Crippen molar-refractivity contribution in [2.45, 2.75) is 65.3 Å². The Labute approximate surface area is 120 Å². The molecule has 19 heavy (non-hydrogen) atoms. The number of hydrogen-bond donors (Lipinski definition) is 0. The first-order valence-electron chi connectivity index (χ1n) is 8.67. The molecule has 2 heteroatoms. The van der Waals surface area contributed by atoms with Gasteiger partial charge in [0.1, 0.15) is 0 Å². The zero-order valence-corrected chi connectivity index (χ0v) is 13.4. The Morgan fingerprint density at radius 2 is 1.74 bits per heavy atom. The number of rotatable bonds is 5. The third kappa shape index (κ3) is 4.46. The molecular formula is C17H34N2. The van der Waals surface area contributed by atoms with Crippen LogP contribution in [0.25, 0.3) is 0 Å². The highest BCUT2D eigenvalue weighted by atomic mass is 15.2. The number of nitrogens with zero attached hydrogens (tertiary/aromatic N) is 2. The zero-order valence-electron chi connectivity index (χ0n) is 13.4. The molecule has 2 rings (SSSR count). The summed E-state index contributed by atoms with van der Waals surface area (Å²) in [5, 5.41) is 0. The molecule has 0 bridgehead atoms. The van der Waals surface area contributed by atoms with Crippen LogP contribution in [0.5, 0.6) is 0 Å². The SMILES string of the molecule is CCCN1CCCCC1C1CCN(CC(C)C)CC1. The molecule has 2 nitrogen and oxygen atoms in total. The molecule has 0 aromatic heterocycles. The quantitative estimate of drug-likeness (QED) is 0.750. The van der Waals surface area contributed by atoms with Crippen LogP contribution >= 0.6 is 0 Å². The van der Waals surface area contributed by atoms with Crippen molar-refractivity contribution in [3.63, 3.8) is 0 Å². The maximum absolute atomic E-state index is 2.81. The van der Waals surface area contributed by atoms with Crippen molar-refractivity contribution >= 4 is 0 Å². The van der Waals surface area contributed by atoms with Crippen LogP contribution in [0.15, 0.2) is 0 Å². The topological polar surface area (TPSA) is 6.48 Å². The Hall–Kier alpha value is -0.0800. The first-order valence-corrected chi connectivity index (χ1v) is 8.67. The summed E-state index contributed by atoms with van der Waals surface area (Å²) in [5.41, 5.74) is 0. The van der Waals surface area contributed by atoms with Gasteiger partial charge < -0.3 is 9.80 Å². The van der Waals surface area contributed by atoms with Crippen molar-refractivity contribution in [2.24, 2.45) is 11.8 Å². The van der Waals surface area contributed by atoms with Gasteiger partial charge in [0.2, 0.25) is 0 Å². The average Bonchev–Trinajstić information content (AvgIpc) is 2.40. The van der Waals surface area contributed by atoms with Gasteiger partial charge in [-0.3, -0.25) is 0 Å². The van der Waals surface area contributed by atoms with Gasteiger partial charge in [-0.25, -0.2) is 0 Å². The minimum atomic E-state index is 0.822. The molecule has 2 heterocycles. The van der Waals surface area contributed by atoms with Crippen LogP contribution in [0.2, 0.25) is 0 Å². The van der Waals surface area contributed by atoms with Gasteiger partial charge in [-0.15, -0.1) is 0 Å². The predicted octanol–water partition coefficient (Wildman–Crippen LogP) is 3.62. The minimum absolute atomic E-state index is 0.822. The number of hydrogen-bond acceptors (Lipinski definition) is 2. The summed E-state index contributed by atoms with van der Waals surface area (Å²) in [6.07, 6.45) is 8.58. The molecule has 0 radical (unpaired) electrons. The van der Waals surface area contributed by atoms with E-state index in [1.807, 2.05) is 0 Å². The second-order valence-electron chi connectivity index (χ2n) is 7.13. The fourth-order valence-corrected chi connectivity index (χ4v) is 4.15. The summed E-state index contributed by atoms with van der Waals surface area (Å²) in [5.74, 6) is 1.80. The second-order valence-corrected chi connectivity index (χ2v) is 7.13. The van der Waals surface area contributed by atoms with E-state index in [9.17, 15) is 0 Å². The normalized spacial score (nSPS) is 28.1. The van der Waals surface area contributed by atoms with Gasteiger partial charge in [0.15, 0.2) is 0 Å². The van der Waals surface area contributed by atoms with E-state index in [-0.39, 0.29) is 0 Å². The maximum atomic E-state index is 2.81. The highest BCUT2D eigenvalue weighted by molar-refractivity contribution is 4.86. The van der Waals surface area contributed by atoms with Crippen LogP contribution < -0.4 is 0 Å². The molecule has 1 unspecified atom stereocenters. The van der Waals surface area contributed by atoms with Gasteiger partial charge in [0, 0.05) is 12.6 Å². The van der Waals surface area contributed by atoms with E-state index in [2.05, 4.69) is 30.6 Å². The van der Waals surface area contributed by atoms with E-state index in [1.165, 1.54) is 71.2 Å². The smallest absolute Gasteiger partial charge is 0.0124 e. The van der Waals surface area contributed by atoms with Crippen molar-refractivity contribution in [1.29, 1.82) is 0 Å². The molecule has 0 aliphatic carbocycles. The molecule has 2 aliphatic heterocycles. The molecule has 2 aliphatic rings. The third-order valence-electron chi connectivity index (χ3n) is 4.97. The maximum Gasteiger partial charge on any atom is 0.0124 e. The molecule has 0 aromatic carbocycles. The van der Waals surface area contributed by atoms with Gasteiger partial charge in [-0.05, 0) is 70.1 Å². The molecular weight excluding hydrogens is 232 g/mol. The van der Waals surface area contributed by atoms with Crippen LogP contribution in [0, 0.1) is 11.8 Å². The second kappa shape index (κ2) is 7.64. The Bertz CT molecular complexity index is 242. The van der Waals surface area contributed by atoms with E-state index < -0.39 is 0 Å². The summed E-state index contributed by atoms with van der Waals surface area (Å²) < 4.78 is 0. The van der Waals surface area contributed by atoms with E-state index in [0.29, 0.717) is 0 Å². The molecule has 0 amide bonds. The van der Waals surface area contributed by atoms with Crippen LogP contribution in [-0.4, -0.2) is 48.6 Å². The summed E-state index contributed by atoms with van der Waals surface area (Å²) in [4.78, 5) is 5.50. The first-order chi connectivity index (χ1) is 9.20. The highest BCUT2D eigenvalue weighted by Crippen LogP contribution is 2.30. The lowest BCUT2D eigenvalue weighted by molar-refractivity contribution is 0.0578. The van der Waals surface area contributed by atoms with Crippen molar-refractivity contribution in [3.05, 3.63) is 0 Å². The van der Waals surface area contributed by atoms with Crippen molar-refractivity contribution in [2.75, 3.05) is 32.7 Å². The molecule has 1 atom stereocenters. The lowest BCUT2D eigenvalue weighted by Crippen LogP contribution is -2.48. The Kier molecular flexibility index (Phi) is 6.15. The van der Waals surface area contributed by atoms with Crippen LogP contribution in [0.4, 0.5) is 0 Å². The molecule has 0 N–H and O–H groups in total. The molecule has 2 fully saturated rings. The van der Waals surface area contributed by atoms with E-state index in [1.54, 1.807) is 0 Å². The first kappa shape index (κ1) is 15.3. The molecule has 0 spiro atoms. The number of piperidine rings is 2. The average molecular weight is 266 g/mol. The molecule has 112 valence electrons. The minimum Gasteiger partial charge on any atom is -0.303 e. The fourth-order valence-electron chi connectivity index (χ4n) is 4.15. The van der Waals surface area contributed by atoms with Gasteiger partial charge in [-0.1, -0.05) is 27.2 Å². The predicted molar refractivity (Wildman–Crippen MR) is 83.5 cm³/mol. The summed E-state index contributed by atoms with van der Waals surface area (Å²) in [6.45, 7) is 13.7. The van der Waals surface area contributed by atoms with Gasteiger partial charge in [-0.2, -0.15) is 0 Å². The zero-order chi connectivity index (χ0) is 13.7. The fraction of sp³-hybridized carbons (Fsp3) is 1.00. The van der Waals surface area contributed by atoms with Gasteiger partial charge in [0.25, 0.3) is 0 Å². The number of likely N-dealkylation sites (tertiary alicyclic amines) is 2. The van der Waals surface area contributed by atoms with Crippen molar-refractivity contribution < 1.29 is 0 Å². The Morgan fingerprint density at radius 3 is 2.37 bits per heavy atom. The van der Waals surface area contributed by atoms with Gasteiger partial charge in [0.05, 0.1) is 0 Å². The van der Waals surface area contributed by atoms with Crippen LogP contribution in [-0.2, 0) is 0 Å². The lowest BCUT2D eigenvalue weighted by Gasteiger charge is -2.44. The molecule has 2 saturated heterocycles. The molecule has 0 saturated carbocycles. The highest BCUT2D eigenvalue weighted by Gasteiger charge is 2.31.